The highest BCUT2D eigenvalue weighted by atomic mass is 32.1. The van der Waals surface area contributed by atoms with Gasteiger partial charge in [0.1, 0.15) is 6.10 Å². The molecule has 2 aromatic rings. The Kier molecular flexibility index (Phi) is 6.15. The molecule has 1 aromatic carbocycles. The van der Waals surface area contributed by atoms with Crippen LogP contribution in [0.1, 0.15) is 45.6 Å². The maximum absolute atomic E-state index is 12.5. The molecule has 2 atom stereocenters. The van der Waals surface area contributed by atoms with E-state index < -0.39 is 23.3 Å². The first-order chi connectivity index (χ1) is 11.7. The van der Waals surface area contributed by atoms with Crippen LogP contribution in [0.15, 0.2) is 29.6 Å². The zero-order valence-electron chi connectivity index (χ0n) is 13.2. The fourth-order valence-electron chi connectivity index (χ4n) is 2.18. The first-order valence-corrected chi connectivity index (χ1v) is 8.31. The first kappa shape index (κ1) is 19.4. The van der Waals surface area contributed by atoms with Crippen LogP contribution in [0.25, 0.3) is 0 Å². The number of benzene rings is 1. The van der Waals surface area contributed by atoms with Gasteiger partial charge in [0, 0.05) is 18.5 Å². The third-order valence-electron chi connectivity index (χ3n) is 3.62. The molecule has 0 spiro atoms. The lowest BCUT2D eigenvalue weighted by Gasteiger charge is -2.15. The minimum Gasteiger partial charge on any atom is -0.478 e. The van der Waals surface area contributed by atoms with Gasteiger partial charge in [0.2, 0.25) is 0 Å². The number of carboxylic acids is 1. The maximum atomic E-state index is 12.5. The minimum absolute atomic E-state index is 0.0108. The molecular formula is C16H17F3N2O3S. The summed E-state index contributed by atoms with van der Waals surface area (Å²) in [7, 11) is 0. The molecule has 2 rings (SSSR count). The highest BCUT2D eigenvalue weighted by Crippen LogP contribution is 2.32. The summed E-state index contributed by atoms with van der Waals surface area (Å²) in [5.41, 5.74) is 1.10. The molecule has 25 heavy (non-hydrogen) atoms. The summed E-state index contributed by atoms with van der Waals surface area (Å²) in [5.74, 6) is -0.960. The lowest BCUT2D eigenvalue weighted by Crippen LogP contribution is -2.25. The van der Waals surface area contributed by atoms with E-state index in [1.165, 1.54) is 17.5 Å². The fourth-order valence-corrected chi connectivity index (χ4v) is 2.92. The first-order valence-electron chi connectivity index (χ1n) is 7.43. The fraction of sp³-hybridized carbons (Fsp3) is 0.375. The molecule has 0 fully saturated rings. The molecule has 0 saturated heterocycles. The van der Waals surface area contributed by atoms with Crippen molar-refractivity contribution in [2.75, 3.05) is 13.1 Å². The maximum Gasteiger partial charge on any atom is 0.443 e. The van der Waals surface area contributed by atoms with E-state index in [-0.39, 0.29) is 23.7 Å². The van der Waals surface area contributed by atoms with Crippen LogP contribution in [0.3, 0.4) is 0 Å². The van der Waals surface area contributed by atoms with Crippen molar-refractivity contribution in [2.45, 2.75) is 25.1 Å². The van der Waals surface area contributed by atoms with E-state index in [0.29, 0.717) is 17.9 Å². The summed E-state index contributed by atoms with van der Waals surface area (Å²) in [5, 5.41) is 22.0. The van der Waals surface area contributed by atoms with Crippen LogP contribution in [-0.4, -0.2) is 34.3 Å². The molecule has 0 aliphatic carbocycles. The lowest BCUT2D eigenvalue weighted by molar-refractivity contribution is -0.137. The van der Waals surface area contributed by atoms with Gasteiger partial charge in [-0.3, -0.25) is 0 Å². The molecule has 2 unspecified atom stereocenters. The monoisotopic (exact) mass is 374 g/mol. The SMILES string of the molecule is CC(CNCC(O)c1csc(C(F)(F)F)n1)c1ccc(C(=O)O)cc1. The quantitative estimate of drug-likeness (QED) is 0.693. The highest BCUT2D eigenvalue weighted by molar-refractivity contribution is 7.09. The van der Waals surface area contributed by atoms with E-state index in [2.05, 4.69) is 10.3 Å². The number of thiazole rings is 1. The summed E-state index contributed by atoms with van der Waals surface area (Å²) in [6.45, 7) is 2.46. The molecule has 0 aliphatic heterocycles. The average Bonchev–Trinajstić information content (AvgIpc) is 3.05. The molecular weight excluding hydrogens is 357 g/mol. The van der Waals surface area contributed by atoms with Gasteiger partial charge in [-0.2, -0.15) is 13.2 Å². The number of alkyl halides is 3. The third kappa shape index (κ3) is 5.25. The predicted molar refractivity (Wildman–Crippen MR) is 86.8 cm³/mol. The minimum atomic E-state index is -4.51. The molecule has 9 heteroatoms. The number of aromatic carboxylic acids is 1. The molecule has 136 valence electrons. The van der Waals surface area contributed by atoms with Crippen molar-refractivity contribution >= 4 is 17.3 Å². The van der Waals surface area contributed by atoms with E-state index in [1.807, 2.05) is 6.92 Å². The van der Waals surface area contributed by atoms with Crippen molar-refractivity contribution in [2.24, 2.45) is 0 Å². The smallest absolute Gasteiger partial charge is 0.443 e. The van der Waals surface area contributed by atoms with Crippen molar-refractivity contribution in [1.29, 1.82) is 0 Å². The Morgan fingerprint density at radius 3 is 2.44 bits per heavy atom. The summed E-state index contributed by atoms with van der Waals surface area (Å²) in [6, 6.07) is 6.44. The molecule has 1 heterocycles. The van der Waals surface area contributed by atoms with Crippen LogP contribution < -0.4 is 5.32 Å². The molecule has 0 amide bonds. The molecule has 0 aliphatic rings. The number of rotatable bonds is 7. The number of nitrogens with zero attached hydrogens (tertiary/aromatic N) is 1. The van der Waals surface area contributed by atoms with Crippen LogP contribution in [0.4, 0.5) is 13.2 Å². The Morgan fingerprint density at radius 2 is 1.92 bits per heavy atom. The second-order valence-corrected chi connectivity index (χ2v) is 6.44. The second-order valence-electron chi connectivity index (χ2n) is 5.58. The predicted octanol–water partition coefficient (Wildman–Crippen LogP) is 3.29. The van der Waals surface area contributed by atoms with Gasteiger partial charge in [0.05, 0.1) is 11.3 Å². The number of carbonyl (C=O) groups is 1. The van der Waals surface area contributed by atoms with E-state index in [1.54, 1.807) is 12.1 Å². The van der Waals surface area contributed by atoms with Gasteiger partial charge in [0.25, 0.3) is 0 Å². The van der Waals surface area contributed by atoms with Crippen molar-refractivity contribution in [3.8, 4) is 0 Å². The van der Waals surface area contributed by atoms with Gasteiger partial charge in [0.15, 0.2) is 5.01 Å². The summed E-state index contributed by atoms with van der Waals surface area (Å²) in [6.07, 6.45) is -5.64. The van der Waals surface area contributed by atoms with Gasteiger partial charge >= 0.3 is 12.1 Å². The van der Waals surface area contributed by atoms with Crippen LogP contribution >= 0.6 is 11.3 Å². The van der Waals surface area contributed by atoms with Crippen LogP contribution in [0.2, 0.25) is 0 Å². The molecule has 0 saturated carbocycles. The Hall–Kier alpha value is -1.97. The Balaban J connectivity index is 1.85. The molecule has 3 N–H and O–H groups in total. The topological polar surface area (TPSA) is 82.5 Å². The number of nitrogens with one attached hydrogen (secondary N) is 1. The number of hydrogen-bond donors (Lipinski definition) is 3. The number of halogens is 3. The zero-order chi connectivity index (χ0) is 18.6. The van der Waals surface area contributed by atoms with E-state index in [0.717, 1.165) is 5.56 Å². The van der Waals surface area contributed by atoms with Crippen LogP contribution in [-0.2, 0) is 6.18 Å². The second kappa shape index (κ2) is 7.94. The summed E-state index contributed by atoms with van der Waals surface area (Å²) >= 11 is 0.453. The van der Waals surface area contributed by atoms with E-state index >= 15 is 0 Å². The number of aliphatic hydroxyl groups is 1. The summed E-state index contributed by atoms with van der Waals surface area (Å²) < 4.78 is 37.5. The van der Waals surface area contributed by atoms with Crippen molar-refractivity contribution in [3.05, 3.63) is 51.5 Å². The van der Waals surface area contributed by atoms with Gasteiger partial charge < -0.3 is 15.5 Å². The zero-order valence-corrected chi connectivity index (χ0v) is 14.1. The van der Waals surface area contributed by atoms with Crippen LogP contribution in [0, 0.1) is 0 Å². The largest absolute Gasteiger partial charge is 0.478 e. The summed E-state index contributed by atoms with van der Waals surface area (Å²) in [4.78, 5) is 14.2. The lowest BCUT2D eigenvalue weighted by atomic mass is 10.00. The number of carboxylic acid groups (broad SMARTS) is 1. The van der Waals surface area contributed by atoms with Gasteiger partial charge in [-0.1, -0.05) is 19.1 Å². The Morgan fingerprint density at radius 1 is 1.28 bits per heavy atom. The van der Waals surface area contributed by atoms with Crippen molar-refractivity contribution < 1.29 is 28.2 Å². The van der Waals surface area contributed by atoms with Gasteiger partial charge in [-0.15, -0.1) is 11.3 Å². The normalized spacial score (nSPS) is 14.3. The molecule has 0 bridgehead atoms. The molecule has 5 nitrogen and oxygen atoms in total. The van der Waals surface area contributed by atoms with E-state index in [4.69, 9.17) is 5.11 Å². The third-order valence-corrected chi connectivity index (χ3v) is 4.53. The number of aromatic nitrogens is 1. The number of hydrogen-bond acceptors (Lipinski definition) is 5. The van der Waals surface area contributed by atoms with Gasteiger partial charge in [-0.05, 0) is 23.6 Å². The van der Waals surface area contributed by atoms with Crippen molar-refractivity contribution in [3.63, 3.8) is 0 Å². The van der Waals surface area contributed by atoms with E-state index in [9.17, 15) is 23.1 Å². The molecule has 0 radical (unpaired) electrons. The standard InChI is InChI=1S/C16H17F3N2O3S/c1-9(10-2-4-11(5-3-10)14(23)24)6-20-7-13(22)12-8-25-15(21-12)16(17,18)19/h2-5,8-9,13,20,22H,6-7H2,1H3,(H,23,24). The Labute approximate surface area is 146 Å². The number of aliphatic hydroxyl groups excluding tert-OH is 1. The van der Waals surface area contributed by atoms with Crippen molar-refractivity contribution in [1.82, 2.24) is 10.3 Å². The average molecular weight is 374 g/mol. The highest BCUT2D eigenvalue weighted by Gasteiger charge is 2.35. The molecule has 1 aromatic heterocycles. The Bertz CT molecular complexity index is 716. The van der Waals surface area contributed by atoms with Crippen LogP contribution in [0.5, 0.6) is 0 Å². The van der Waals surface area contributed by atoms with Gasteiger partial charge in [-0.25, -0.2) is 9.78 Å².